The van der Waals surface area contributed by atoms with Crippen LogP contribution in [0.25, 0.3) is 16.9 Å². The predicted octanol–water partition coefficient (Wildman–Crippen LogP) is 4.38. The molecule has 3 aromatic rings. The molecular weight excluding hydrogens is 305 g/mol. The molecule has 3 rings (SSSR count). The fourth-order valence-electron chi connectivity index (χ4n) is 2.17. The SMILES string of the molecule is Oc1cccc(-c2c(Cl)nc3c(C(F)(F)F)cccn23)c1. The van der Waals surface area contributed by atoms with Gasteiger partial charge in [0.05, 0.1) is 11.3 Å². The van der Waals surface area contributed by atoms with Crippen molar-refractivity contribution in [3.05, 3.63) is 53.3 Å². The Morgan fingerprint density at radius 3 is 2.57 bits per heavy atom. The summed E-state index contributed by atoms with van der Waals surface area (Å²) in [5.41, 5.74) is -0.355. The zero-order chi connectivity index (χ0) is 15.2. The Labute approximate surface area is 122 Å². The van der Waals surface area contributed by atoms with Gasteiger partial charge in [-0.1, -0.05) is 23.7 Å². The summed E-state index contributed by atoms with van der Waals surface area (Å²) < 4.78 is 40.2. The Kier molecular flexibility index (Phi) is 3.06. The summed E-state index contributed by atoms with van der Waals surface area (Å²) in [5, 5.41) is 9.45. The van der Waals surface area contributed by atoms with Crippen LogP contribution in [0.5, 0.6) is 5.75 Å². The number of halogens is 4. The van der Waals surface area contributed by atoms with Gasteiger partial charge in [0, 0.05) is 11.8 Å². The minimum Gasteiger partial charge on any atom is -0.508 e. The van der Waals surface area contributed by atoms with Gasteiger partial charge in [-0.3, -0.25) is 4.40 Å². The first-order valence-electron chi connectivity index (χ1n) is 5.91. The van der Waals surface area contributed by atoms with Crippen molar-refractivity contribution >= 4 is 17.2 Å². The molecule has 108 valence electrons. The number of pyridine rings is 1. The van der Waals surface area contributed by atoms with Crippen molar-refractivity contribution < 1.29 is 18.3 Å². The molecule has 0 saturated carbocycles. The van der Waals surface area contributed by atoms with Crippen molar-refractivity contribution in [3.8, 4) is 17.0 Å². The summed E-state index contributed by atoms with van der Waals surface area (Å²) in [6.45, 7) is 0. The first kappa shape index (κ1) is 13.8. The number of hydrogen-bond donors (Lipinski definition) is 1. The highest BCUT2D eigenvalue weighted by Crippen LogP contribution is 2.36. The van der Waals surface area contributed by atoms with E-state index >= 15 is 0 Å². The van der Waals surface area contributed by atoms with Gasteiger partial charge in [0.2, 0.25) is 0 Å². The number of rotatable bonds is 1. The third-order valence-electron chi connectivity index (χ3n) is 3.03. The van der Waals surface area contributed by atoms with E-state index in [0.29, 0.717) is 11.3 Å². The Morgan fingerprint density at radius 2 is 1.90 bits per heavy atom. The molecule has 3 nitrogen and oxygen atoms in total. The number of phenolic OH excluding ortho intramolecular Hbond substituents is 1. The molecule has 0 atom stereocenters. The molecule has 0 aliphatic heterocycles. The molecular formula is C14H8ClF3N2O. The Bertz CT molecular complexity index is 827. The molecule has 0 aliphatic carbocycles. The second-order valence-electron chi connectivity index (χ2n) is 4.41. The highest BCUT2D eigenvalue weighted by atomic mass is 35.5. The molecule has 2 aromatic heterocycles. The molecule has 7 heteroatoms. The van der Waals surface area contributed by atoms with Crippen LogP contribution < -0.4 is 0 Å². The normalized spacial score (nSPS) is 12.0. The highest BCUT2D eigenvalue weighted by molar-refractivity contribution is 6.32. The van der Waals surface area contributed by atoms with Gasteiger partial charge in [-0.05, 0) is 24.3 Å². The van der Waals surface area contributed by atoms with Crippen LogP contribution in [-0.2, 0) is 6.18 Å². The molecule has 0 aliphatic rings. The second kappa shape index (κ2) is 4.66. The van der Waals surface area contributed by atoms with Gasteiger partial charge < -0.3 is 5.11 Å². The molecule has 0 fully saturated rings. The van der Waals surface area contributed by atoms with Crippen molar-refractivity contribution in [2.45, 2.75) is 6.18 Å². The number of aromatic nitrogens is 2. The molecule has 0 unspecified atom stereocenters. The van der Waals surface area contributed by atoms with Crippen LogP contribution in [0.3, 0.4) is 0 Å². The molecule has 0 spiro atoms. The summed E-state index contributed by atoms with van der Waals surface area (Å²) in [7, 11) is 0. The summed E-state index contributed by atoms with van der Waals surface area (Å²) in [5.74, 6) is -0.00880. The van der Waals surface area contributed by atoms with Crippen molar-refractivity contribution in [1.29, 1.82) is 0 Å². The van der Waals surface area contributed by atoms with Gasteiger partial charge in [-0.2, -0.15) is 13.2 Å². The number of alkyl halides is 3. The zero-order valence-corrected chi connectivity index (χ0v) is 11.2. The van der Waals surface area contributed by atoms with E-state index in [1.165, 1.54) is 28.8 Å². The molecule has 0 saturated heterocycles. The molecule has 1 aromatic carbocycles. The van der Waals surface area contributed by atoms with E-state index < -0.39 is 11.7 Å². The van der Waals surface area contributed by atoms with E-state index in [9.17, 15) is 18.3 Å². The van der Waals surface area contributed by atoms with Crippen LogP contribution >= 0.6 is 11.6 Å². The lowest BCUT2D eigenvalue weighted by Crippen LogP contribution is -2.07. The maximum absolute atomic E-state index is 13.0. The number of phenols is 1. The van der Waals surface area contributed by atoms with E-state index in [2.05, 4.69) is 4.98 Å². The third kappa shape index (κ3) is 2.31. The third-order valence-corrected chi connectivity index (χ3v) is 3.30. The quantitative estimate of drug-likeness (QED) is 0.724. The monoisotopic (exact) mass is 312 g/mol. The maximum atomic E-state index is 13.0. The number of imidazole rings is 1. The predicted molar refractivity (Wildman–Crippen MR) is 72.3 cm³/mol. The minimum absolute atomic E-state index is 0.00880. The summed E-state index contributed by atoms with van der Waals surface area (Å²) in [6.07, 6.45) is -3.07. The van der Waals surface area contributed by atoms with Crippen LogP contribution in [0, 0.1) is 0 Å². The summed E-state index contributed by atoms with van der Waals surface area (Å²) in [6, 6.07) is 8.31. The van der Waals surface area contributed by atoms with Crippen molar-refractivity contribution in [3.63, 3.8) is 0 Å². The average molecular weight is 313 g/mol. The highest BCUT2D eigenvalue weighted by Gasteiger charge is 2.34. The standard InChI is InChI=1S/C14H8ClF3N2O/c15-12-11(8-3-1-4-9(21)7-8)20-6-2-5-10(13(20)19-12)14(16,17)18/h1-7,21H. The van der Waals surface area contributed by atoms with Gasteiger partial charge in [-0.25, -0.2) is 4.98 Å². The lowest BCUT2D eigenvalue weighted by molar-refractivity contribution is -0.136. The van der Waals surface area contributed by atoms with E-state index in [-0.39, 0.29) is 16.5 Å². The lowest BCUT2D eigenvalue weighted by Gasteiger charge is -2.08. The first-order chi connectivity index (χ1) is 9.88. The van der Waals surface area contributed by atoms with E-state index in [0.717, 1.165) is 6.07 Å². The first-order valence-corrected chi connectivity index (χ1v) is 6.29. The molecule has 0 amide bonds. The van der Waals surface area contributed by atoms with E-state index in [1.807, 2.05) is 0 Å². The summed E-state index contributed by atoms with van der Waals surface area (Å²) in [4.78, 5) is 3.81. The van der Waals surface area contributed by atoms with Crippen LogP contribution in [0.1, 0.15) is 5.56 Å². The number of fused-ring (bicyclic) bond motifs is 1. The Balaban J connectivity index is 2.33. The van der Waals surface area contributed by atoms with Crippen molar-refractivity contribution in [2.24, 2.45) is 0 Å². The topological polar surface area (TPSA) is 37.5 Å². The second-order valence-corrected chi connectivity index (χ2v) is 4.77. The fourth-order valence-corrected chi connectivity index (χ4v) is 2.45. The molecule has 1 N–H and O–H groups in total. The summed E-state index contributed by atoms with van der Waals surface area (Å²) >= 11 is 6.00. The van der Waals surface area contributed by atoms with E-state index in [1.54, 1.807) is 12.1 Å². The lowest BCUT2D eigenvalue weighted by atomic mass is 10.1. The Hall–Kier alpha value is -2.21. The van der Waals surface area contributed by atoms with Gasteiger partial charge in [-0.15, -0.1) is 0 Å². The molecule has 0 radical (unpaired) electrons. The number of hydrogen-bond acceptors (Lipinski definition) is 2. The average Bonchev–Trinajstić information content (AvgIpc) is 2.73. The van der Waals surface area contributed by atoms with Gasteiger partial charge in [0.15, 0.2) is 10.8 Å². The molecule has 21 heavy (non-hydrogen) atoms. The molecule has 2 heterocycles. The van der Waals surface area contributed by atoms with Crippen LogP contribution in [-0.4, -0.2) is 14.5 Å². The maximum Gasteiger partial charge on any atom is 0.419 e. The minimum atomic E-state index is -4.52. The largest absolute Gasteiger partial charge is 0.508 e. The molecule has 0 bridgehead atoms. The smallest absolute Gasteiger partial charge is 0.419 e. The van der Waals surface area contributed by atoms with Gasteiger partial charge >= 0.3 is 6.18 Å². The van der Waals surface area contributed by atoms with Crippen molar-refractivity contribution in [1.82, 2.24) is 9.38 Å². The van der Waals surface area contributed by atoms with Crippen molar-refractivity contribution in [2.75, 3.05) is 0 Å². The number of benzene rings is 1. The van der Waals surface area contributed by atoms with Gasteiger partial charge in [0.1, 0.15) is 5.75 Å². The van der Waals surface area contributed by atoms with Gasteiger partial charge in [0.25, 0.3) is 0 Å². The fraction of sp³-hybridized carbons (Fsp3) is 0.0714. The van der Waals surface area contributed by atoms with E-state index in [4.69, 9.17) is 11.6 Å². The zero-order valence-electron chi connectivity index (χ0n) is 10.4. The number of aromatic hydroxyl groups is 1. The Morgan fingerprint density at radius 1 is 1.14 bits per heavy atom. The number of nitrogens with zero attached hydrogens (tertiary/aromatic N) is 2. The van der Waals surface area contributed by atoms with Crippen LogP contribution in [0.2, 0.25) is 5.15 Å². The van der Waals surface area contributed by atoms with Crippen LogP contribution in [0.15, 0.2) is 42.6 Å². The van der Waals surface area contributed by atoms with Crippen LogP contribution in [0.4, 0.5) is 13.2 Å².